The summed E-state index contributed by atoms with van der Waals surface area (Å²) in [7, 11) is 4.83. The van der Waals surface area contributed by atoms with Crippen LogP contribution in [0.25, 0.3) is 24.0 Å². The van der Waals surface area contributed by atoms with E-state index >= 15 is 0 Å². The van der Waals surface area contributed by atoms with E-state index in [1.54, 1.807) is 6.08 Å². The van der Waals surface area contributed by atoms with Crippen LogP contribution in [0.1, 0.15) is 18.3 Å². The lowest BCUT2D eigenvalue weighted by molar-refractivity contribution is 1.02. The first-order valence-electron chi connectivity index (χ1n) is 7.18. The molecule has 2 aromatic heterocycles. The minimum atomic E-state index is 0.846. The normalized spacial score (nSPS) is 13.3. The van der Waals surface area contributed by atoms with Crippen LogP contribution in [0, 0.1) is 6.92 Å². The Hall–Kier alpha value is -2.23. The highest BCUT2D eigenvalue weighted by Crippen LogP contribution is 2.09. The van der Waals surface area contributed by atoms with E-state index < -0.39 is 0 Å². The number of allylic oxidation sites excluding steroid dienone is 2. The lowest BCUT2D eigenvalue weighted by atomic mass is 9.53. The van der Waals surface area contributed by atoms with Gasteiger partial charge in [0.15, 0.2) is 0 Å². The predicted octanol–water partition coefficient (Wildman–Crippen LogP) is -1.40. The molecule has 2 heterocycles. The van der Waals surface area contributed by atoms with Crippen LogP contribution in [-0.4, -0.2) is 36.3 Å². The second-order valence-electron chi connectivity index (χ2n) is 4.74. The number of aromatic nitrogens is 3. The molecule has 0 unspecified atom stereocenters. The summed E-state index contributed by atoms with van der Waals surface area (Å²) in [4.78, 5) is 9.45. The summed E-state index contributed by atoms with van der Waals surface area (Å²) in [6.07, 6.45) is 9.73. The van der Waals surface area contributed by atoms with Gasteiger partial charge in [0.05, 0.1) is 24.5 Å². The molecule has 21 heavy (non-hydrogen) atoms. The van der Waals surface area contributed by atoms with Crippen molar-refractivity contribution in [3.05, 3.63) is 40.8 Å². The van der Waals surface area contributed by atoms with Crippen LogP contribution >= 0.6 is 0 Å². The lowest BCUT2D eigenvalue weighted by Crippen LogP contribution is -2.43. The molecule has 0 saturated carbocycles. The fourth-order valence-corrected chi connectivity index (χ4v) is 2.46. The third-order valence-corrected chi connectivity index (χ3v) is 3.39. The van der Waals surface area contributed by atoms with Gasteiger partial charge in [0.25, 0.3) is 0 Å². The van der Waals surface area contributed by atoms with Gasteiger partial charge in [-0.05, 0) is 19.9 Å². The van der Waals surface area contributed by atoms with E-state index in [-0.39, 0.29) is 0 Å². The summed E-state index contributed by atoms with van der Waals surface area (Å²) in [6, 6.07) is 0. The minimum absolute atomic E-state index is 0.846. The van der Waals surface area contributed by atoms with E-state index in [0.717, 1.165) is 40.5 Å². The maximum atomic E-state index is 4.74. The summed E-state index contributed by atoms with van der Waals surface area (Å²) in [5.74, 6) is 0. The Morgan fingerprint density at radius 1 is 1.38 bits per heavy atom. The molecule has 0 bridgehead atoms. The number of hydrogen-bond acceptors (Lipinski definition) is 3. The molecule has 0 amide bonds. The van der Waals surface area contributed by atoms with Gasteiger partial charge in [-0.3, -0.25) is 9.38 Å². The molecule has 0 radical (unpaired) electrons. The predicted molar refractivity (Wildman–Crippen MR) is 95.2 cm³/mol. The molecular formula is C15H20B2N4. The Morgan fingerprint density at radius 3 is 2.71 bits per heavy atom. The topological polar surface area (TPSA) is 42.2 Å². The standard InChI is InChI=1S/C15H20B2N4/c1-5-7-8-13-10(3)19-15-14(17-16)20-11(9-18-4)12(6-2)21(13)15/h5-9,17-18H,1,16H2,2-4H3/b8-7-,11-9+,12-6+. The first-order valence-corrected chi connectivity index (χ1v) is 7.18. The van der Waals surface area contributed by atoms with Crippen LogP contribution < -0.4 is 21.6 Å². The van der Waals surface area contributed by atoms with E-state index in [1.165, 1.54) is 0 Å². The van der Waals surface area contributed by atoms with Gasteiger partial charge in [-0.1, -0.05) is 24.8 Å². The number of rotatable bonds is 4. The molecule has 0 fully saturated rings. The molecule has 6 heteroatoms. The quantitative estimate of drug-likeness (QED) is 0.553. The van der Waals surface area contributed by atoms with Gasteiger partial charge in [0.1, 0.15) is 18.2 Å². The van der Waals surface area contributed by atoms with Gasteiger partial charge in [-0.15, -0.1) is 0 Å². The van der Waals surface area contributed by atoms with E-state index in [4.69, 9.17) is 9.97 Å². The number of imidazole rings is 1. The highest BCUT2D eigenvalue weighted by atomic mass is 15.1. The SMILES string of the molecule is BBc1nc(=C/NC)/c(=C\C)n2c(/C=C\C=C)c(C)nc12. The Kier molecular flexibility index (Phi) is 4.68. The second-order valence-corrected chi connectivity index (χ2v) is 4.74. The molecule has 0 aromatic carbocycles. The van der Waals surface area contributed by atoms with Crippen LogP contribution in [-0.2, 0) is 0 Å². The average Bonchev–Trinajstić information content (AvgIpc) is 2.81. The maximum Gasteiger partial charge on any atom is 0.149 e. The van der Waals surface area contributed by atoms with E-state index in [1.807, 2.05) is 39.2 Å². The van der Waals surface area contributed by atoms with Crippen molar-refractivity contribution in [1.82, 2.24) is 19.7 Å². The van der Waals surface area contributed by atoms with Gasteiger partial charge >= 0.3 is 0 Å². The Bertz CT molecular complexity index is 819. The molecule has 0 spiro atoms. The van der Waals surface area contributed by atoms with E-state index in [0.29, 0.717) is 0 Å². The summed E-state index contributed by atoms with van der Waals surface area (Å²) in [6.45, 7) is 7.78. The molecule has 2 aromatic rings. The molecular weight excluding hydrogens is 258 g/mol. The van der Waals surface area contributed by atoms with Gasteiger partial charge in [-0.25, -0.2) is 4.98 Å². The first-order chi connectivity index (χ1) is 10.2. The average molecular weight is 278 g/mol. The highest BCUT2D eigenvalue weighted by molar-refractivity contribution is 6.97. The van der Waals surface area contributed by atoms with Crippen LogP contribution in [0.15, 0.2) is 18.7 Å². The fourth-order valence-electron chi connectivity index (χ4n) is 2.46. The lowest BCUT2D eigenvalue weighted by Gasteiger charge is -2.05. The van der Waals surface area contributed by atoms with Crippen LogP contribution in [0.4, 0.5) is 0 Å². The summed E-state index contributed by atoms with van der Waals surface area (Å²) < 4.78 is 2.17. The fraction of sp³-hybridized carbons (Fsp3) is 0.200. The van der Waals surface area contributed by atoms with Crippen molar-refractivity contribution in [2.45, 2.75) is 13.8 Å². The van der Waals surface area contributed by atoms with Gasteiger partial charge < -0.3 is 5.32 Å². The number of fused-ring (bicyclic) bond motifs is 1. The second kappa shape index (κ2) is 6.48. The van der Waals surface area contributed by atoms with E-state index in [2.05, 4.69) is 30.1 Å². The maximum absolute atomic E-state index is 4.74. The zero-order valence-electron chi connectivity index (χ0n) is 13.1. The largest absolute Gasteiger partial charge is 0.392 e. The molecule has 0 aliphatic rings. The Balaban J connectivity index is 3.04. The zero-order valence-corrected chi connectivity index (χ0v) is 13.1. The van der Waals surface area contributed by atoms with Crippen molar-refractivity contribution in [1.29, 1.82) is 0 Å². The molecule has 1 N–H and O–H groups in total. The zero-order chi connectivity index (χ0) is 15.4. The molecule has 0 aliphatic heterocycles. The number of aryl methyl sites for hydroxylation is 1. The van der Waals surface area contributed by atoms with Gasteiger partial charge in [0.2, 0.25) is 0 Å². The summed E-state index contributed by atoms with van der Waals surface area (Å²) in [5.41, 5.74) is 4.00. The highest BCUT2D eigenvalue weighted by Gasteiger charge is 2.12. The number of hydrogen-bond donors (Lipinski definition) is 1. The molecule has 106 valence electrons. The number of nitrogens with one attached hydrogen (secondary N) is 1. The van der Waals surface area contributed by atoms with Crippen molar-refractivity contribution in [3.8, 4) is 0 Å². The van der Waals surface area contributed by atoms with Crippen molar-refractivity contribution < 1.29 is 0 Å². The van der Waals surface area contributed by atoms with Crippen molar-refractivity contribution >= 4 is 44.5 Å². The molecule has 0 atom stereocenters. The molecule has 0 aliphatic carbocycles. The third kappa shape index (κ3) is 2.66. The van der Waals surface area contributed by atoms with Crippen molar-refractivity contribution in [2.24, 2.45) is 0 Å². The number of nitrogens with zero attached hydrogens (tertiary/aromatic N) is 3. The summed E-state index contributed by atoms with van der Waals surface area (Å²) >= 11 is 0. The molecule has 2 rings (SSSR count). The monoisotopic (exact) mass is 278 g/mol. The molecule has 4 nitrogen and oxygen atoms in total. The van der Waals surface area contributed by atoms with Crippen LogP contribution in [0.2, 0.25) is 0 Å². The smallest absolute Gasteiger partial charge is 0.149 e. The van der Waals surface area contributed by atoms with E-state index in [9.17, 15) is 0 Å². The first kappa shape index (κ1) is 15.2. The third-order valence-electron chi connectivity index (χ3n) is 3.39. The van der Waals surface area contributed by atoms with Crippen molar-refractivity contribution in [2.75, 3.05) is 7.05 Å². The molecule has 0 saturated heterocycles. The minimum Gasteiger partial charge on any atom is -0.392 e. The Labute approximate surface area is 126 Å². The van der Waals surface area contributed by atoms with Crippen LogP contribution in [0.3, 0.4) is 0 Å². The van der Waals surface area contributed by atoms with Gasteiger partial charge in [0, 0.05) is 18.8 Å². The summed E-state index contributed by atoms with van der Waals surface area (Å²) in [5, 5.41) is 5.04. The van der Waals surface area contributed by atoms with Crippen LogP contribution in [0.5, 0.6) is 0 Å². The van der Waals surface area contributed by atoms with Crippen molar-refractivity contribution in [3.63, 3.8) is 0 Å². The van der Waals surface area contributed by atoms with Gasteiger partial charge in [-0.2, -0.15) is 0 Å². The Morgan fingerprint density at radius 2 is 2.14 bits per heavy atom.